The summed E-state index contributed by atoms with van der Waals surface area (Å²) in [6.07, 6.45) is 2.21. The van der Waals surface area contributed by atoms with Crippen molar-refractivity contribution in [2.24, 2.45) is 0 Å². The van der Waals surface area contributed by atoms with Crippen LogP contribution in [0.15, 0.2) is 34.9 Å². The molecule has 0 spiro atoms. The van der Waals surface area contributed by atoms with Crippen molar-refractivity contribution in [2.75, 3.05) is 23.7 Å². The first kappa shape index (κ1) is 20.3. The van der Waals surface area contributed by atoms with Gasteiger partial charge in [-0.15, -0.1) is 11.3 Å². The van der Waals surface area contributed by atoms with Crippen LogP contribution in [-0.4, -0.2) is 34.8 Å². The normalized spacial score (nSPS) is 13.7. The zero-order valence-corrected chi connectivity index (χ0v) is 18.1. The monoisotopic (exact) mass is 424 g/mol. The predicted molar refractivity (Wildman–Crippen MR) is 117 cm³/mol. The highest BCUT2D eigenvalue weighted by Gasteiger charge is 2.23. The van der Waals surface area contributed by atoms with Gasteiger partial charge in [-0.1, -0.05) is 17.7 Å². The number of aryl methyl sites for hydroxylation is 3. The molecule has 30 heavy (non-hydrogen) atoms. The number of hydrogen-bond donors (Lipinski definition) is 2. The average Bonchev–Trinajstić information content (AvgIpc) is 3.33. The van der Waals surface area contributed by atoms with Crippen LogP contribution in [0.1, 0.15) is 37.8 Å². The van der Waals surface area contributed by atoms with Gasteiger partial charge in [-0.25, -0.2) is 4.98 Å². The molecule has 3 heterocycles. The molecule has 0 unspecified atom stereocenters. The molecule has 0 atom stereocenters. The lowest BCUT2D eigenvalue weighted by molar-refractivity contribution is -0.117. The van der Waals surface area contributed by atoms with Crippen molar-refractivity contribution in [3.8, 4) is 0 Å². The van der Waals surface area contributed by atoms with Crippen molar-refractivity contribution < 1.29 is 14.0 Å². The highest BCUT2D eigenvalue weighted by molar-refractivity contribution is 7.15. The molecule has 4 rings (SSSR count). The standard InChI is InChI=1S/C22H24N4O3S/c1-13-9-14(2)20(15(3)10-13)24-19(27)12-26-7-6-16-18(11-26)30-22(23-16)25-21(28)17-5-4-8-29-17/h4-5,8-10H,6-7,11-12H2,1-3H3,(H,24,27)(H,23,25,28). The Bertz CT molecular complexity index is 1070. The molecule has 0 radical (unpaired) electrons. The number of nitrogens with one attached hydrogen (secondary N) is 2. The lowest BCUT2D eigenvalue weighted by Gasteiger charge is -2.25. The molecular formula is C22H24N4O3S. The largest absolute Gasteiger partial charge is 0.459 e. The molecule has 1 aliphatic heterocycles. The van der Waals surface area contributed by atoms with Gasteiger partial charge < -0.3 is 9.73 Å². The molecule has 0 saturated heterocycles. The molecule has 1 aliphatic rings. The highest BCUT2D eigenvalue weighted by atomic mass is 32.1. The minimum atomic E-state index is -0.314. The maximum atomic E-state index is 12.6. The molecule has 8 heteroatoms. The van der Waals surface area contributed by atoms with E-state index in [-0.39, 0.29) is 17.6 Å². The summed E-state index contributed by atoms with van der Waals surface area (Å²) in [5, 5.41) is 6.40. The van der Waals surface area contributed by atoms with Crippen LogP contribution in [0, 0.1) is 20.8 Å². The van der Waals surface area contributed by atoms with E-state index in [9.17, 15) is 9.59 Å². The number of anilines is 2. The Balaban J connectivity index is 1.37. The van der Waals surface area contributed by atoms with Gasteiger partial charge in [0.15, 0.2) is 10.9 Å². The van der Waals surface area contributed by atoms with Crippen molar-refractivity contribution in [3.63, 3.8) is 0 Å². The molecule has 1 aromatic carbocycles. The van der Waals surface area contributed by atoms with Gasteiger partial charge in [0.25, 0.3) is 5.91 Å². The molecule has 7 nitrogen and oxygen atoms in total. The molecule has 2 N–H and O–H groups in total. The zero-order chi connectivity index (χ0) is 21.3. The van der Waals surface area contributed by atoms with Gasteiger partial charge in [0.05, 0.1) is 18.5 Å². The van der Waals surface area contributed by atoms with Gasteiger partial charge in [-0.2, -0.15) is 0 Å². The second-order valence-electron chi connectivity index (χ2n) is 7.60. The molecule has 2 amide bonds. The molecule has 3 aromatic rings. The summed E-state index contributed by atoms with van der Waals surface area (Å²) in [5.41, 5.74) is 5.20. The van der Waals surface area contributed by atoms with Gasteiger partial charge in [0.1, 0.15) is 0 Å². The first-order chi connectivity index (χ1) is 14.4. The number of nitrogens with zero attached hydrogens (tertiary/aromatic N) is 2. The SMILES string of the molecule is Cc1cc(C)c(NC(=O)CN2CCc3nc(NC(=O)c4ccco4)sc3C2)c(C)c1. The molecule has 0 aliphatic carbocycles. The highest BCUT2D eigenvalue weighted by Crippen LogP contribution is 2.29. The molecule has 0 saturated carbocycles. The maximum Gasteiger partial charge on any atom is 0.293 e. The minimum Gasteiger partial charge on any atom is -0.459 e. The zero-order valence-electron chi connectivity index (χ0n) is 17.2. The number of thiazole rings is 1. The number of carbonyl (C=O) groups excluding carboxylic acids is 2. The fourth-order valence-electron chi connectivity index (χ4n) is 3.76. The van der Waals surface area contributed by atoms with Crippen LogP contribution in [0.3, 0.4) is 0 Å². The number of fused-ring (bicyclic) bond motifs is 1. The molecule has 2 aromatic heterocycles. The Morgan fingerprint density at radius 3 is 2.67 bits per heavy atom. The van der Waals surface area contributed by atoms with Crippen LogP contribution in [0.2, 0.25) is 0 Å². The van der Waals surface area contributed by atoms with Crippen molar-refractivity contribution in [1.82, 2.24) is 9.88 Å². The minimum absolute atomic E-state index is 0.0237. The predicted octanol–water partition coefficient (Wildman–Crippen LogP) is 3.91. The summed E-state index contributed by atoms with van der Waals surface area (Å²) < 4.78 is 5.11. The van der Waals surface area contributed by atoms with E-state index in [0.29, 0.717) is 18.2 Å². The summed E-state index contributed by atoms with van der Waals surface area (Å²) in [4.78, 5) is 32.5. The van der Waals surface area contributed by atoms with Gasteiger partial charge in [0.2, 0.25) is 5.91 Å². The van der Waals surface area contributed by atoms with E-state index in [4.69, 9.17) is 4.42 Å². The van der Waals surface area contributed by atoms with Crippen molar-refractivity contribution >= 4 is 34.0 Å². The second-order valence-corrected chi connectivity index (χ2v) is 8.69. The van der Waals surface area contributed by atoms with E-state index in [1.54, 1.807) is 12.1 Å². The lowest BCUT2D eigenvalue weighted by atomic mass is 10.1. The van der Waals surface area contributed by atoms with Crippen LogP contribution in [0.4, 0.5) is 10.8 Å². The van der Waals surface area contributed by atoms with Crippen LogP contribution >= 0.6 is 11.3 Å². The lowest BCUT2D eigenvalue weighted by Crippen LogP contribution is -2.36. The topological polar surface area (TPSA) is 87.5 Å². The third-order valence-corrected chi connectivity index (χ3v) is 6.08. The maximum absolute atomic E-state index is 12.6. The van der Waals surface area contributed by atoms with Crippen LogP contribution in [0.25, 0.3) is 0 Å². The van der Waals surface area contributed by atoms with Gasteiger partial charge >= 0.3 is 0 Å². The van der Waals surface area contributed by atoms with E-state index >= 15 is 0 Å². The van der Waals surface area contributed by atoms with Crippen LogP contribution in [0.5, 0.6) is 0 Å². The van der Waals surface area contributed by atoms with E-state index in [1.807, 2.05) is 13.8 Å². The Hall–Kier alpha value is -2.97. The number of hydrogen-bond acceptors (Lipinski definition) is 6. The number of furan rings is 1. The molecular weight excluding hydrogens is 400 g/mol. The van der Waals surface area contributed by atoms with Gasteiger partial charge in [-0.05, 0) is 44.0 Å². The number of aromatic nitrogens is 1. The van der Waals surface area contributed by atoms with Crippen LogP contribution < -0.4 is 10.6 Å². The van der Waals surface area contributed by atoms with Gasteiger partial charge in [-0.3, -0.25) is 19.8 Å². The summed E-state index contributed by atoms with van der Waals surface area (Å²) in [5.74, 6) is -0.0845. The Labute approximate surface area is 179 Å². The summed E-state index contributed by atoms with van der Waals surface area (Å²) in [6, 6.07) is 7.43. The Kier molecular flexibility index (Phi) is 5.69. The van der Waals surface area contributed by atoms with E-state index < -0.39 is 0 Å². The Morgan fingerprint density at radius 1 is 1.20 bits per heavy atom. The molecule has 0 bridgehead atoms. The van der Waals surface area contributed by atoms with Crippen molar-refractivity contribution in [3.05, 3.63) is 63.6 Å². The number of carbonyl (C=O) groups is 2. The fourth-order valence-corrected chi connectivity index (χ4v) is 4.81. The summed E-state index contributed by atoms with van der Waals surface area (Å²) in [7, 11) is 0. The first-order valence-corrected chi connectivity index (χ1v) is 10.6. The van der Waals surface area contributed by atoms with Crippen LogP contribution in [-0.2, 0) is 17.8 Å². The Morgan fingerprint density at radius 2 is 1.97 bits per heavy atom. The summed E-state index contributed by atoms with van der Waals surface area (Å²) >= 11 is 1.44. The van der Waals surface area contributed by atoms with E-state index in [2.05, 4.69) is 39.6 Å². The van der Waals surface area contributed by atoms with Gasteiger partial charge in [0, 0.05) is 30.1 Å². The molecule has 0 fully saturated rings. The first-order valence-electron chi connectivity index (χ1n) is 9.82. The van der Waals surface area contributed by atoms with Crippen molar-refractivity contribution in [1.29, 1.82) is 0 Å². The molecule has 156 valence electrons. The van der Waals surface area contributed by atoms with Crippen molar-refractivity contribution in [2.45, 2.75) is 33.7 Å². The third kappa shape index (κ3) is 4.44. The second kappa shape index (κ2) is 8.41. The summed E-state index contributed by atoms with van der Waals surface area (Å²) in [6.45, 7) is 7.79. The number of amides is 2. The van der Waals surface area contributed by atoms with E-state index in [1.165, 1.54) is 23.2 Å². The third-order valence-electron chi connectivity index (χ3n) is 5.08. The van der Waals surface area contributed by atoms with E-state index in [0.717, 1.165) is 40.4 Å². The fraction of sp³-hybridized carbons (Fsp3) is 0.318. The number of rotatable bonds is 5. The quantitative estimate of drug-likeness (QED) is 0.648. The average molecular weight is 425 g/mol. The number of benzene rings is 1. The smallest absolute Gasteiger partial charge is 0.293 e.